The maximum atomic E-state index is 13.9. The summed E-state index contributed by atoms with van der Waals surface area (Å²) < 4.78 is 42.0. The standard InChI is InChI=1S/C18H15FN6O2S/c19-15-3-1-2-4-16(15)28(26,27)24-9-13(10-24)25-8-12(7-23-25)17-14-5-6-20-18(14)22-11-21-17/h1-8,11,13H,9-10H2,(H,20,21,22). The second kappa shape index (κ2) is 6.21. The maximum Gasteiger partial charge on any atom is 0.246 e. The van der Waals surface area contributed by atoms with Gasteiger partial charge in [-0.15, -0.1) is 0 Å². The van der Waals surface area contributed by atoms with Crippen molar-refractivity contribution in [3.63, 3.8) is 0 Å². The van der Waals surface area contributed by atoms with E-state index >= 15 is 0 Å². The highest BCUT2D eigenvalue weighted by Gasteiger charge is 2.39. The molecule has 1 aromatic carbocycles. The minimum absolute atomic E-state index is 0.112. The van der Waals surface area contributed by atoms with Gasteiger partial charge in [-0.2, -0.15) is 9.40 Å². The quantitative estimate of drug-likeness (QED) is 0.569. The van der Waals surface area contributed by atoms with E-state index in [0.29, 0.717) is 0 Å². The Morgan fingerprint density at radius 1 is 1.14 bits per heavy atom. The zero-order valence-electron chi connectivity index (χ0n) is 14.5. The number of hydrogen-bond donors (Lipinski definition) is 1. The molecule has 1 fully saturated rings. The molecule has 5 rings (SSSR count). The van der Waals surface area contributed by atoms with Crippen LogP contribution < -0.4 is 0 Å². The molecular formula is C18H15FN6O2S. The molecule has 8 nitrogen and oxygen atoms in total. The highest BCUT2D eigenvalue weighted by Crippen LogP contribution is 2.31. The van der Waals surface area contributed by atoms with E-state index in [-0.39, 0.29) is 24.0 Å². The number of H-pyrrole nitrogens is 1. The van der Waals surface area contributed by atoms with Crippen LogP contribution >= 0.6 is 0 Å². The summed E-state index contributed by atoms with van der Waals surface area (Å²) in [5, 5.41) is 5.25. The first-order valence-electron chi connectivity index (χ1n) is 8.61. The third kappa shape index (κ3) is 2.60. The monoisotopic (exact) mass is 398 g/mol. The summed E-state index contributed by atoms with van der Waals surface area (Å²) in [5.41, 5.74) is 2.32. The van der Waals surface area contributed by atoms with Gasteiger partial charge in [-0.1, -0.05) is 12.1 Å². The first-order valence-corrected chi connectivity index (χ1v) is 10.1. The Hall–Kier alpha value is -3.11. The number of aromatic amines is 1. The van der Waals surface area contributed by atoms with Crippen molar-refractivity contribution in [3.8, 4) is 11.3 Å². The highest BCUT2D eigenvalue weighted by molar-refractivity contribution is 7.89. The van der Waals surface area contributed by atoms with Crippen molar-refractivity contribution < 1.29 is 12.8 Å². The van der Waals surface area contributed by atoms with Crippen molar-refractivity contribution in [1.82, 2.24) is 29.0 Å². The Kier molecular flexibility index (Phi) is 3.78. The van der Waals surface area contributed by atoms with Gasteiger partial charge in [0.2, 0.25) is 10.0 Å². The molecule has 0 unspecified atom stereocenters. The van der Waals surface area contributed by atoms with Crippen molar-refractivity contribution in [2.45, 2.75) is 10.9 Å². The summed E-state index contributed by atoms with van der Waals surface area (Å²) in [5.74, 6) is -0.744. The molecule has 0 atom stereocenters. The third-order valence-electron chi connectivity index (χ3n) is 4.89. The van der Waals surface area contributed by atoms with Crippen molar-refractivity contribution in [2.24, 2.45) is 0 Å². The van der Waals surface area contributed by atoms with Crippen LogP contribution in [0.4, 0.5) is 4.39 Å². The molecule has 0 radical (unpaired) electrons. The first kappa shape index (κ1) is 17.0. The van der Waals surface area contributed by atoms with E-state index in [1.807, 2.05) is 12.3 Å². The predicted octanol–water partition coefficient (Wildman–Crippen LogP) is 2.21. The van der Waals surface area contributed by atoms with Gasteiger partial charge in [0, 0.05) is 36.4 Å². The van der Waals surface area contributed by atoms with Gasteiger partial charge in [-0.3, -0.25) is 4.68 Å². The summed E-state index contributed by atoms with van der Waals surface area (Å²) >= 11 is 0. The van der Waals surface area contributed by atoms with Crippen LogP contribution in [0.3, 0.4) is 0 Å². The van der Waals surface area contributed by atoms with Crippen molar-refractivity contribution in [3.05, 3.63) is 61.1 Å². The number of nitrogens with zero attached hydrogens (tertiary/aromatic N) is 5. The Morgan fingerprint density at radius 3 is 2.79 bits per heavy atom. The van der Waals surface area contributed by atoms with Crippen molar-refractivity contribution >= 4 is 21.1 Å². The first-order chi connectivity index (χ1) is 13.5. The summed E-state index contributed by atoms with van der Waals surface area (Å²) in [4.78, 5) is 11.2. The van der Waals surface area contributed by atoms with Crippen LogP contribution in [0.15, 0.2) is 60.1 Å². The van der Waals surface area contributed by atoms with Gasteiger partial charge >= 0.3 is 0 Å². The second-order valence-corrected chi connectivity index (χ2v) is 8.48. The third-order valence-corrected chi connectivity index (χ3v) is 6.75. The van der Waals surface area contributed by atoms with E-state index < -0.39 is 15.8 Å². The maximum absolute atomic E-state index is 13.9. The molecule has 4 heterocycles. The molecule has 28 heavy (non-hydrogen) atoms. The van der Waals surface area contributed by atoms with E-state index in [2.05, 4.69) is 20.1 Å². The number of hydrogen-bond acceptors (Lipinski definition) is 5. The van der Waals surface area contributed by atoms with Crippen molar-refractivity contribution in [2.75, 3.05) is 13.1 Å². The van der Waals surface area contributed by atoms with Crippen LogP contribution in [0.1, 0.15) is 6.04 Å². The molecule has 3 aromatic heterocycles. The zero-order valence-corrected chi connectivity index (χ0v) is 15.3. The van der Waals surface area contributed by atoms with Gasteiger partial charge in [-0.05, 0) is 18.2 Å². The molecule has 0 saturated carbocycles. The lowest BCUT2D eigenvalue weighted by Crippen LogP contribution is -2.50. The Balaban J connectivity index is 1.37. The molecule has 1 N–H and O–H groups in total. The van der Waals surface area contributed by atoms with Gasteiger partial charge in [-0.25, -0.2) is 22.8 Å². The molecule has 0 spiro atoms. The topological polar surface area (TPSA) is 96.8 Å². The van der Waals surface area contributed by atoms with Gasteiger partial charge in [0.25, 0.3) is 0 Å². The molecular weight excluding hydrogens is 383 g/mol. The molecule has 1 aliphatic rings. The fraction of sp³-hybridized carbons (Fsp3) is 0.167. The summed E-state index contributed by atoms with van der Waals surface area (Å²) in [6.45, 7) is 0.474. The van der Waals surface area contributed by atoms with Crippen LogP contribution in [-0.2, 0) is 10.0 Å². The van der Waals surface area contributed by atoms with Gasteiger partial charge in [0.1, 0.15) is 22.7 Å². The van der Waals surface area contributed by atoms with Gasteiger partial charge in [0.15, 0.2) is 0 Å². The predicted molar refractivity (Wildman–Crippen MR) is 99.3 cm³/mol. The van der Waals surface area contributed by atoms with E-state index in [1.165, 1.54) is 28.8 Å². The lowest BCUT2D eigenvalue weighted by molar-refractivity contribution is 0.191. The number of halogens is 1. The van der Waals surface area contributed by atoms with E-state index in [4.69, 9.17) is 0 Å². The Bertz CT molecular complexity index is 1280. The summed E-state index contributed by atoms with van der Waals surface area (Å²) in [6.07, 6.45) is 6.82. The molecule has 0 amide bonds. The largest absolute Gasteiger partial charge is 0.346 e. The molecule has 142 valence electrons. The van der Waals surface area contributed by atoms with E-state index in [0.717, 1.165) is 28.4 Å². The SMILES string of the molecule is O=S(=O)(c1ccccc1F)N1CC(n2cc(-c3ncnc4[nH]ccc34)cn2)C1. The summed E-state index contributed by atoms with van der Waals surface area (Å²) in [7, 11) is -3.85. The average Bonchev–Trinajstić information content (AvgIpc) is 3.29. The van der Waals surface area contributed by atoms with Crippen LogP contribution in [-0.4, -0.2) is 50.5 Å². The molecule has 0 aliphatic carbocycles. The molecule has 1 saturated heterocycles. The zero-order chi connectivity index (χ0) is 19.3. The molecule has 0 bridgehead atoms. The lowest BCUT2D eigenvalue weighted by atomic mass is 10.1. The molecule has 4 aromatic rings. The van der Waals surface area contributed by atoms with E-state index in [9.17, 15) is 12.8 Å². The smallest absolute Gasteiger partial charge is 0.246 e. The van der Waals surface area contributed by atoms with Crippen molar-refractivity contribution in [1.29, 1.82) is 0 Å². The average molecular weight is 398 g/mol. The van der Waals surface area contributed by atoms with Crippen LogP contribution in [0.25, 0.3) is 22.3 Å². The lowest BCUT2D eigenvalue weighted by Gasteiger charge is -2.37. The number of aromatic nitrogens is 5. The Morgan fingerprint density at radius 2 is 1.96 bits per heavy atom. The second-order valence-electron chi connectivity index (χ2n) is 6.58. The number of fused-ring (bicyclic) bond motifs is 1. The molecule has 1 aliphatic heterocycles. The molecule has 10 heteroatoms. The fourth-order valence-electron chi connectivity index (χ4n) is 3.34. The van der Waals surface area contributed by atoms with Gasteiger partial charge in [0.05, 0.1) is 17.9 Å². The fourth-order valence-corrected chi connectivity index (χ4v) is 4.92. The summed E-state index contributed by atoms with van der Waals surface area (Å²) in [6, 6.07) is 7.19. The number of sulfonamides is 1. The normalized spacial score (nSPS) is 15.8. The number of nitrogens with one attached hydrogen (secondary N) is 1. The van der Waals surface area contributed by atoms with Crippen LogP contribution in [0.5, 0.6) is 0 Å². The van der Waals surface area contributed by atoms with E-state index in [1.54, 1.807) is 17.1 Å². The van der Waals surface area contributed by atoms with Gasteiger partial charge < -0.3 is 4.98 Å². The highest BCUT2D eigenvalue weighted by atomic mass is 32.2. The van der Waals surface area contributed by atoms with Crippen LogP contribution in [0.2, 0.25) is 0 Å². The minimum Gasteiger partial charge on any atom is -0.346 e. The number of benzene rings is 1. The number of rotatable bonds is 4. The minimum atomic E-state index is -3.85. The van der Waals surface area contributed by atoms with Crippen LogP contribution in [0, 0.1) is 5.82 Å². The Labute approximate surface area is 159 Å².